The Hall–Kier alpha value is -1.03. The molecule has 0 saturated heterocycles. The van der Waals surface area contributed by atoms with Crippen LogP contribution in [-0.4, -0.2) is 30.4 Å². The van der Waals surface area contributed by atoms with Gasteiger partial charge in [-0.2, -0.15) is 0 Å². The Balaban J connectivity index is 1.99. The Morgan fingerprint density at radius 3 is 2.67 bits per heavy atom. The maximum Gasteiger partial charge on any atom is 0.241 e. The predicted octanol–water partition coefficient (Wildman–Crippen LogP) is 3.10. The van der Waals surface area contributed by atoms with E-state index in [0.29, 0.717) is 12.6 Å². The Kier molecular flexibility index (Phi) is 3.95. The van der Waals surface area contributed by atoms with Crippen LogP contribution >= 0.6 is 15.9 Å². The number of hydrogen-bond donors (Lipinski definition) is 1. The fourth-order valence-corrected chi connectivity index (χ4v) is 2.91. The number of aryl methyl sites for hydroxylation is 2. The minimum absolute atomic E-state index is 0.157. The van der Waals surface area contributed by atoms with Gasteiger partial charge in [0.15, 0.2) is 0 Å². The zero-order valence-corrected chi connectivity index (χ0v) is 12.7. The summed E-state index contributed by atoms with van der Waals surface area (Å²) in [6.07, 6.45) is 2.30. The van der Waals surface area contributed by atoms with E-state index in [1.807, 2.05) is 11.9 Å². The molecule has 1 aliphatic carbocycles. The van der Waals surface area contributed by atoms with Crippen LogP contribution in [-0.2, 0) is 4.79 Å². The van der Waals surface area contributed by atoms with Crippen LogP contribution in [0.15, 0.2) is 16.6 Å². The predicted molar refractivity (Wildman–Crippen MR) is 77.9 cm³/mol. The number of rotatable bonds is 4. The molecular formula is C14H19BrN2O. The highest BCUT2D eigenvalue weighted by Crippen LogP contribution is 2.28. The Morgan fingerprint density at radius 1 is 1.44 bits per heavy atom. The summed E-state index contributed by atoms with van der Waals surface area (Å²) in [6, 6.07) is 4.65. The van der Waals surface area contributed by atoms with Crippen LogP contribution in [0.2, 0.25) is 0 Å². The van der Waals surface area contributed by atoms with Crippen LogP contribution in [0.1, 0.15) is 24.0 Å². The summed E-state index contributed by atoms with van der Waals surface area (Å²) in [6.45, 7) is 4.47. The molecule has 0 spiro atoms. The lowest BCUT2D eigenvalue weighted by Gasteiger charge is -2.18. The van der Waals surface area contributed by atoms with Gasteiger partial charge in [0.05, 0.1) is 12.2 Å². The maximum atomic E-state index is 11.9. The van der Waals surface area contributed by atoms with Crippen LogP contribution in [0.4, 0.5) is 5.69 Å². The lowest BCUT2D eigenvalue weighted by Crippen LogP contribution is -2.33. The third kappa shape index (κ3) is 3.05. The zero-order valence-electron chi connectivity index (χ0n) is 11.1. The molecule has 98 valence electrons. The van der Waals surface area contributed by atoms with Gasteiger partial charge in [-0.1, -0.05) is 6.07 Å². The molecular weight excluding hydrogens is 292 g/mol. The van der Waals surface area contributed by atoms with Gasteiger partial charge in [-0.15, -0.1) is 0 Å². The molecule has 4 heteroatoms. The van der Waals surface area contributed by atoms with E-state index in [2.05, 4.69) is 47.2 Å². The Morgan fingerprint density at radius 2 is 2.11 bits per heavy atom. The van der Waals surface area contributed by atoms with Gasteiger partial charge in [0.2, 0.25) is 5.91 Å². The van der Waals surface area contributed by atoms with Gasteiger partial charge in [-0.3, -0.25) is 4.79 Å². The van der Waals surface area contributed by atoms with Crippen molar-refractivity contribution < 1.29 is 4.79 Å². The quantitative estimate of drug-likeness (QED) is 0.927. The summed E-state index contributed by atoms with van der Waals surface area (Å²) < 4.78 is 1.02. The average molecular weight is 311 g/mol. The largest absolute Gasteiger partial charge is 0.375 e. The van der Waals surface area contributed by atoms with Crippen molar-refractivity contribution in [2.24, 2.45) is 0 Å². The van der Waals surface area contributed by atoms with Crippen LogP contribution in [0.25, 0.3) is 0 Å². The Labute approximate surface area is 117 Å². The number of halogens is 1. The SMILES string of the molecule is Cc1cc(C)c(NCC(=O)N(C)C2CC2)c(Br)c1. The summed E-state index contributed by atoms with van der Waals surface area (Å²) in [5.74, 6) is 0.157. The van der Waals surface area contributed by atoms with E-state index >= 15 is 0 Å². The van der Waals surface area contributed by atoms with Crippen LogP contribution in [0.5, 0.6) is 0 Å². The van der Waals surface area contributed by atoms with E-state index in [1.165, 1.54) is 5.56 Å². The number of carbonyl (C=O) groups is 1. The zero-order chi connectivity index (χ0) is 13.3. The summed E-state index contributed by atoms with van der Waals surface area (Å²) in [7, 11) is 1.89. The molecule has 0 unspecified atom stereocenters. The first-order chi connectivity index (χ1) is 8.49. The van der Waals surface area contributed by atoms with Crippen molar-refractivity contribution in [1.29, 1.82) is 0 Å². The number of hydrogen-bond acceptors (Lipinski definition) is 2. The molecule has 18 heavy (non-hydrogen) atoms. The first kappa shape index (κ1) is 13.4. The van der Waals surface area contributed by atoms with Gasteiger partial charge in [-0.25, -0.2) is 0 Å². The lowest BCUT2D eigenvalue weighted by molar-refractivity contribution is -0.128. The first-order valence-electron chi connectivity index (χ1n) is 6.25. The molecule has 1 amide bonds. The number of amides is 1. The van der Waals surface area contributed by atoms with E-state index < -0.39 is 0 Å². The molecule has 1 fully saturated rings. The minimum Gasteiger partial charge on any atom is -0.375 e. The number of anilines is 1. The van der Waals surface area contributed by atoms with Gasteiger partial charge in [0, 0.05) is 17.6 Å². The van der Waals surface area contributed by atoms with Crippen LogP contribution < -0.4 is 5.32 Å². The standard InChI is InChI=1S/C14H19BrN2O/c1-9-6-10(2)14(12(15)7-9)16-8-13(18)17(3)11-4-5-11/h6-7,11,16H,4-5,8H2,1-3H3. The Bertz CT molecular complexity index is 446. The normalized spacial score (nSPS) is 14.4. The first-order valence-corrected chi connectivity index (χ1v) is 7.04. The van der Waals surface area contributed by atoms with Crippen molar-refractivity contribution in [2.75, 3.05) is 18.9 Å². The molecule has 1 N–H and O–H groups in total. The molecule has 0 aliphatic heterocycles. The molecule has 1 saturated carbocycles. The van der Waals surface area contributed by atoms with Gasteiger partial charge < -0.3 is 10.2 Å². The molecule has 1 aromatic rings. The second-order valence-electron chi connectivity index (χ2n) is 5.03. The monoisotopic (exact) mass is 310 g/mol. The maximum absolute atomic E-state index is 11.9. The molecule has 0 bridgehead atoms. The highest BCUT2D eigenvalue weighted by Gasteiger charge is 2.29. The van der Waals surface area contributed by atoms with Crippen molar-refractivity contribution in [2.45, 2.75) is 32.7 Å². The molecule has 0 aromatic heterocycles. The fraction of sp³-hybridized carbons (Fsp3) is 0.500. The van der Waals surface area contributed by atoms with Crippen molar-refractivity contribution in [3.63, 3.8) is 0 Å². The third-order valence-corrected chi connectivity index (χ3v) is 3.96. The summed E-state index contributed by atoms with van der Waals surface area (Å²) in [5.41, 5.74) is 3.38. The smallest absolute Gasteiger partial charge is 0.241 e. The van der Waals surface area contributed by atoms with Gasteiger partial charge in [0.1, 0.15) is 0 Å². The van der Waals surface area contributed by atoms with E-state index in [0.717, 1.165) is 28.6 Å². The summed E-state index contributed by atoms with van der Waals surface area (Å²) >= 11 is 3.54. The van der Waals surface area contributed by atoms with Crippen LogP contribution in [0, 0.1) is 13.8 Å². The molecule has 0 radical (unpaired) electrons. The number of nitrogens with zero attached hydrogens (tertiary/aromatic N) is 1. The molecule has 0 atom stereocenters. The molecule has 3 nitrogen and oxygen atoms in total. The summed E-state index contributed by atoms with van der Waals surface area (Å²) in [5, 5.41) is 3.23. The van der Waals surface area contributed by atoms with E-state index in [4.69, 9.17) is 0 Å². The van der Waals surface area contributed by atoms with Gasteiger partial charge in [-0.05, 0) is 59.8 Å². The minimum atomic E-state index is 0.157. The van der Waals surface area contributed by atoms with Crippen LogP contribution in [0.3, 0.4) is 0 Å². The lowest BCUT2D eigenvalue weighted by atomic mass is 10.1. The van der Waals surface area contributed by atoms with E-state index in [9.17, 15) is 4.79 Å². The number of likely N-dealkylation sites (N-methyl/N-ethyl adjacent to an activating group) is 1. The highest BCUT2D eigenvalue weighted by molar-refractivity contribution is 9.10. The van der Waals surface area contributed by atoms with Crippen molar-refractivity contribution >= 4 is 27.5 Å². The number of nitrogens with one attached hydrogen (secondary N) is 1. The highest BCUT2D eigenvalue weighted by atomic mass is 79.9. The molecule has 1 aromatic carbocycles. The molecule has 1 aliphatic rings. The van der Waals surface area contributed by atoms with E-state index in [1.54, 1.807) is 0 Å². The third-order valence-electron chi connectivity index (χ3n) is 3.34. The van der Waals surface area contributed by atoms with Crippen molar-refractivity contribution in [3.05, 3.63) is 27.7 Å². The van der Waals surface area contributed by atoms with Gasteiger partial charge in [0.25, 0.3) is 0 Å². The number of carbonyl (C=O) groups excluding carboxylic acids is 1. The molecule has 2 rings (SSSR count). The second-order valence-corrected chi connectivity index (χ2v) is 5.88. The fourth-order valence-electron chi connectivity index (χ4n) is 2.09. The van der Waals surface area contributed by atoms with Crippen molar-refractivity contribution in [1.82, 2.24) is 4.90 Å². The second kappa shape index (κ2) is 5.31. The molecule has 0 heterocycles. The summed E-state index contributed by atoms with van der Waals surface area (Å²) in [4.78, 5) is 13.8. The number of benzene rings is 1. The average Bonchev–Trinajstić information content (AvgIpc) is 3.09. The van der Waals surface area contributed by atoms with Gasteiger partial charge >= 0.3 is 0 Å². The van der Waals surface area contributed by atoms with Crippen molar-refractivity contribution in [3.8, 4) is 0 Å². The van der Waals surface area contributed by atoms with E-state index in [-0.39, 0.29) is 5.91 Å². The topological polar surface area (TPSA) is 32.3 Å².